The Kier molecular flexibility index (Phi) is 8.47. The van der Waals surface area contributed by atoms with Gasteiger partial charge in [0.2, 0.25) is 0 Å². The fourth-order valence-corrected chi connectivity index (χ4v) is 8.12. The van der Waals surface area contributed by atoms with Crippen molar-refractivity contribution in [2.45, 2.75) is 59.8 Å². The molecule has 0 aliphatic carbocycles. The second-order valence-electron chi connectivity index (χ2n) is 17.9. The largest absolute Gasteiger partial charge is 0.510 e. The summed E-state index contributed by atoms with van der Waals surface area (Å²) >= 11 is 0. The number of nitrogens with zero attached hydrogens (tertiary/aromatic N) is 4. The summed E-state index contributed by atoms with van der Waals surface area (Å²) < 4.78 is 99.2. The van der Waals surface area contributed by atoms with E-state index in [0.717, 1.165) is 27.6 Å². The maximum Gasteiger partial charge on any atom is 0.268 e. The molecule has 0 aliphatic rings. The minimum Gasteiger partial charge on any atom is -0.510 e. The van der Waals surface area contributed by atoms with Crippen LogP contribution in [0.1, 0.15) is 79.2 Å². The quantitative estimate of drug-likeness (QED) is 0.112. The van der Waals surface area contributed by atoms with Crippen LogP contribution in [-0.4, -0.2) is 14.1 Å². The predicted octanol–water partition coefficient (Wildman–Crippen LogP) is 14.4. The van der Waals surface area contributed by atoms with E-state index in [2.05, 4.69) is 102 Å². The molecule has 0 fully saturated rings. The average Bonchev–Trinajstić information content (AvgIpc) is 3.91. The van der Waals surface area contributed by atoms with Gasteiger partial charge in [-0.1, -0.05) is 169 Å². The summed E-state index contributed by atoms with van der Waals surface area (Å²) in [5, 5.41) is 2.06. The molecule has 64 heavy (non-hydrogen) atoms. The van der Waals surface area contributed by atoms with Gasteiger partial charge in [-0.3, -0.25) is 4.57 Å². The smallest absolute Gasteiger partial charge is 0.268 e. The summed E-state index contributed by atoms with van der Waals surface area (Å²) in [6.45, 7) is 15.6. The Morgan fingerprint density at radius 1 is 0.672 bits per heavy atom. The third-order valence-electron chi connectivity index (χ3n) is 11.9. The molecule has 0 N–H and O–H groups in total. The number of hydrogen-bond acceptors (Lipinski definition) is 2. The zero-order valence-electron chi connectivity index (χ0n) is 46.5. The van der Waals surface area contributed by atoms with Crippen molar-refractivity contribution in [2.24, 2.45) is 5.41 Å². The molecule has 0 saturated carbocycles. The third kappa shape index (κ3) is 7.88. The maximum absolute atomic E-state index is 9.03. The van der Waals surface area contributed by atoms with E-state index in [4.69, 9.17) is 23.4 Å². The molecule has 0 saturated heterocycles. The number of fused-ring (bicyclic) bond motifs is 4. The molecule has 7 aromatic carbocycles. The number of hydrogen-bond donors (Lipinski definition) is 0. The summed E-state index contributed by atoms with van der Waals surface area (Å²) in [7, 11) is 0. The number of benzene rings is 7. The van der Waals surface area contributed by atoms with Gasteiger partial charge in [0.25, 0.3) is 6.33 Å². The van der Waals surface area contributed by atoms with Gasteiger partial charge in [0, 0.05) is 44.3 Å². The van der Waals surface area contributed by atoms with E-state index in [9.17, 15) is 0 Å². The first kappa shape index (κ1) is 32.2. The Labute approximate surface area is 405 Å². The van der Waals surface area contributed by atoms with Crippen molar-refractivity contribution in [1.82, 2.24) is 14.1 Å². The second kappa shape index (κ2) is 16.9. The molecule has 10 aromatic rings. The van der Waals surface area contributed by atoms with Gasteiger partial charge in [-0.05, 0) is 79.4 Å². The van der Waals surface area contributed by atoms with Crippen molar-refractivity contribution in [2.75, 3.05) is 0 Å². The standard InChI is InChI=1S/C58H50N4O.Pt/c1-39(57(2,3)4)42-32-33-59-55(34-42)62-51-31-28-43(58(5,6)7)35-50(51)49-30-29-46(37-54(49)62)63-45-23-16-22-44(36-45)60-38-61(53-27-15-14-26-52(53)60)56-47(40-18-10-8-11-19-40)24-17-25-48(56)41-20-12-9-13-21-41;/h8-35,39H,1-7H3;/q-2;/i8D,9D,10D,11D,12D,13D,18D,19D,20D,21D;. The van der Waals surface area contributed by atoms with Crippen LogP contribution in [0, 0.1) is 23.9 Å². The van der Waals surface area contributed by atoms with E-state index >= 15 is 0 Å². The Balaban J connectivity index is 0.00000672. The molecular formula is C58H50N4OPt-2. The third-order valence-corrected chi connectivity index (χ3v) is 11.9. The molecule has 0 bridgehead atoms. The van der Waals surface area contributed by atoms with Crippen LogP contribution in [0.3, 0.4) is 0 Å². The number of para-hydroxylation sites is 3. The van der Waals surface area contributed by atoms with Crippen molar-refractivity contribution < 1.29 is 44.1 Å². The van der Waals surface area contributed by atoms with Gasteiger partial charge in [0.05, 0.1) is 30.4 Å². The predicted molar refractivity (Wildman–Crippen MR) is 257 cm³/mol. The maximum atomic E-state index is 9.03. The van der Waals surface area contributed by atoms with Gasteiger partial charge >= 0.3 is 0 Å². The molecule has 1 unspecified atom stereocenters. The van der Waals surface area contributed by atoms with Crippen LogP contribution in [0.4, 0.5) is 0 Å². The molecule has 0 radical (unpaired) electrons. The Morgan fingerprint density at radius 2 is 1.34 bits per heavy atom. The van der Waals surface area contributed by atoms with Crippen molar-refractivity contribution >= 4 is 32.8 Å². The monoisotopic (exact) mass is 1020 g/mol. The zero-order chi connectivity index (χ0) is 52.2. The zero-order valence-corrected chi connectivity index (χ0v) is 38.8. The van der Waals surface area contributed by atoms with Crippen molar-refractivity contribution in [3.8, 4) is 50.9 Å². The normalized spacial score (nSPS) is 14.6. The molecule has 0 spiro atoms. The number of aromatic nitrogens is 4. The van der Waals surface area contributed by atoms with E-state index in [-0.39, 0.29) is 65.8 Å². The SMILES string of the molecule is [2H]c1c([2H])c([2H])c(-c2cccc(-c3c([2H])c([2H])c([2H])c([2H])c3[2H])c2-[n+]2[c-]n(-c3[c-]c(Oc4[c-]c5c(cc4)c4cc(C(C)(C)C)ccc4n5-c4cc(C(C)C(C)(C)C)ccn4)ccc3)c3ccccc32)c([2H])c1[2H].[Pt]. The topological polar surface area (TPSA) is 35.9 Å². The first-order chi connectivity index (χ1) is 34.6. The van der Waals surface area contributed by atoms with Crippen LogP contribution >= 0.6 is 0 Å². The Hall–Kier alpha value is -6.55. The molecule has 0 amide bonds. The Morgan fingerprint density at radius 3 is 2.03 bits per heavy atom. The first-order valence-corrected chi connectivity index (χ1v) is 21.0. The van der Waals surface area contributed by atoms with Crippen molar-refractivity contribution in [1.29, 1.82) is 0 Å². The molecule has 6 heteroatoms. The van der Waals surface area contributed by atoms with Crippen LogP contribution in [0.5, 0.6) is 11.5 Å². The fourth-order valence-electron chi connectivity index (χ4n) is 8.12. The number of ether oxygens (including phenoxy) is 1. The number of imidazole rings is 1. The summed E-state index contributed by atoms with van der Waals surface area (Å²) in [5.41, 5.74) is 5.93. The van der Waals surface area contributed by atoms with Gasteiger partial charge in [-0.25, -0.2) is 4.98 Å². The number of rotatable bonds is 8. The first-order valence-electron chi connectivity index (χ1n) is 26.0. The van der Waals surface area contributed by atoms with Crippen LogP contribution < -0.4 is 9.30 Å². The molecule has 0 aliphatic heterocycles. The second-order valence-corrected chi connectivity index (χ2v) is 17.9. The molecule has 1 atom stereocenters. The van der Waals surface area contributed by atoms with Crippen molar-refractivity contribution in [3.05, 3.63) is 199 Å². The van der Waals surface area contributed by atoms with Gasteiger partial charge in [-0.2, -0.15) is 18.2 Å². The molecule has 320 valence electrons. The van der Waals surface area contributed by atoms with Crippen LogP contribution in [0.25, 0.3) is 72.3 Å². The molecule has 3 aromatic heterocycles. The summed E-state index contributed by atoms with van der Waals surface area (Å²) in [6.07, 6.45) is 5.28. The van der Waals surface area contributed by atoms with Gasteiger partial charge < -0.3 is 13.9 Å². The van der Waals surface area contributed by atoms with Gasteiger partial charge in [0.15, 0.2) is 0 Å². The Bertz CT molecular complexity index is 3760. The van der Waals surface area contributed by atoms with E-state index in [0.29, 0.717) is 28.2 Å². The van der Waals surface area contributed by atoms with E-state index in [1.807, 2.05) is 54.7 Å². The average molecular weight is 1020 g/mol. The molecule has 10 rings (SSSR count). The summed E-state index contributed by atoms with van der Waals surface area (Å²) in [5.74, 6) is 1.83. The van der Waals surface area contributed by atoms with Crippen LogP contribution in [0.2, 0.25) is 0 Å². The van der Waals surface area contributed by atoms with Crippen LogP contribution in [0.15, 0.2) is 170 Å². The molecular weight excluding hydrogens is 964 g/mol. The van der Waals surface area contributed by atoms with E-state index < -0.39 is 60.4 Å². The minimum absolute atomic E-state index is 0. The number of pyridine rings is 1. The van der Waals surface area contributed by atoms with E-state index in [1.165, 1.54) is 11.1 Å². The molecule has 5 nitrogen and oxygen atoms in total. The molecule has 3 heterocycles. The fraction of sp³-hybridized carbons (Fsp3) is 0.172. The van der Waals surface area contributed by atoms with Crippen LogP contribution in [-0.2, 0) is 26.5 Å². The summed E-state index contributed by atoms with van der Waals surface area (Å²) in [6, 6.07) is 34.0. The van der Waals surface area contributed by atoms with Crippen molar-refractivity contribution in [3.63, 3.8) is 0 Å². The van der Waals surface area contributed by atoms with E-state index in [1.54, 1.807) is 33.4 Å². The summed E-state index contributed by atoms with van der Waals surface area (Å²) in [4.78, 5) is 4.91. The minimum atomic E-state index is -0.571. The van der Waals surface area contributed by atoms with Gasteiger partial charge in [0.1, 0.15) is 5.82 Å². The van der Waals surface area contributed by atoms with Gasteiger partial charge in [-0.15, -0.1) is 29.7 Å².